The van der Waals surface area contributed by atoms with Gasteiger partial charge in [0.05, 0.1) is 5.69 Å². The predicted molar refractivity (Wildman–Crippen MR) is 96.1 cm³/mol. The third-order valence-corrected chi connectivity index (χ3v) is 4.08. The number of allylic oxidation sites excluding steroid dienone is 2. The fraction of sp³-hybridized carbons (Fsp3) is 0.611. The average Bonchev–Trinajstić information content (AvgIpc) is 2.52. The molecule has 6 heteroatoms. The maximum atomic E-state index is 12.2. The minimum absolute atomic E-state index is 0.245. The Hall–Kier alpha value is -2.11. The van der Waals surface area contributed by atoms with Crippen molar-refractivity contribution >= 4 is 17.5 Å². The number of ether oxygens (including phenoxy) is 1. The second-order valence-electron chi connectivity index (χ2n) is 7.08. The van der Waals surface area contributed by atoms with Gasteiger partial charge in [-0.25, -0.2) is 14.8 Å². The van der Waals surface area contributed by atoms with E-state index in [4.69, 9.17) is 4.74 Å². The molecule has 1 fully saturated rings. The first-order valence-corrected chi connectivity index (χ1v) is 8.40. The summed E-state index contributed by atoms with van der Waals surface area (Å²) < 4.78 is 5.45. The third kappa shape index (κ3) is 4.24. The molecule has 24 heavy (non-hydrogen) atoms. The van der Waals surface area contributed by atoms with E-state index < -0.39 is 5.60 Å². The van der Waals surface area contributed by atoms with Crippen LogP contribution in [0, 0.1) is 6.92 Å². The van der Waals surface area contributed by atoms with Gasteiger partial charge in [-0.3, -0.25) is 0 Å². The van der Waals surface area contributed by atoms with Crippen LogP contribution in [-0.4, -0.2) is 52.7 Å². The lowest BCUT2D eigenvalue weighted by molar-refractivity contribution is 0.0240. The van der Waals surface area contributed by atoms with Crippen LogP contribution in [0.25, 0.3) is 5.57 Å². The number of hydrogen-bond donors (Lipinski definition) is 0. The Morgan fingerprint density at radius 3 is 2.38 bits per heavy atom. The van der Waals surface area contributed by atoms with Gasteiger partial charge in [0.15, 0.2) is 0 Å². The van der Waals surface area contributed by atoms with Crippen molar-refractivity contribution in [2.75, 3.05) is 31.1 Å². The lowest BCUT2D eigenvalue weighted by atomic mass is 10.1. The maximum absolute atomic E-state index is 12.2. The summed E-state index contributed by atoms with van der Waals surface area (Å²) in [4.78, 5) is 25.0. The second-order valence-corrected chi connectivity index (χ2v) is 7.08. The molecule has 0 spiro atoms. The average molecular weight is 332 g/mol. The molecule has 1 aliphatic heterocycles. The van der Waals surface area contributed by atoms with Gasteiger partial charge in [0.2, 0.25) is 0 Å². The van der Waals surface area contributed by atoms with E-state index in [0.29, 0.717) is 13.1 Å². The van der Waals surface area contributed by atoms with Crippen molar-refractivity contribution in [3.63, 3.8) is 0 Å². The summed E-state index contributed by atoms with van der Waals surface area (Å²) in [5, 5.41) is 0. The zero-order chi connectivity index (χ0) is 17.9. The van der Waals surface area contributed by atoms with Crippen molar-refractivity contribution in [3.8, 4) is 0 Å². The molecular weight excluding hydrogens is 304 g/mol. The molecule has 2 heterocycles. The van der Waals surface area contributed by atoms with Crippen LogP contribution in [0.2, 0.25) is 0 Å². The van der Waals surface area contributed by atoms with Gasteiger partial charge >= 0.3 is 6.09 Å². The molecule has 1 aliphatic rings. The molecule has 0 bridgehead atoms. The Morgan fingerprint density at radius 1 is 1.21 bits per heavy atom. The Bertz CT molecular complexity index is 626. The first-order chi connectivity index (χ1) is 11.2. The molecule has 1 aromatic rings. The SMILES string of the molecule is C/C=C(/C)c1c(C)ncnc1N1CCN(C(=O)OC(C)(C)C)CC1. The van der Waals surface area contributed by atoms with Crippen molar-refractivity contribution < 1.29 is 9.53 Å². The quantitative estimate of drug-likeness (QED) is 0.832. The van der Waals surface area contributed by atoms with Crippen LogP contribution in [0.15, 0.2) is 12.4 Å². The van der Waals surface area contributed by atoms with Crippen molar-refractivity contribution in [1.82, 2.24) is 14.9 Å². The number of amides is 1. The normalized spacial score (nSPS) is 16.3. The van der Waals surface area contributed by atoms with E-state index in [9.17, 15) is 4.79 Å². The van der Waals surface area contributed by atoms with Gasteiger partial charge in [0.25, 0.3) is 0 Å². The number of aryl methyl sites for hydroxylation is 1. The number of anilines is 1. The van der Waals surface area contributed by atoms with Gasteiger partial charge in [-0.2, -0.15) is 0 Å². The molecule has 1 aromatic heterocycles. The zero-order valence-corrected chi connectivity index (χ0v) is 15.6. The van der Waals surface area contributed by atoms with Crippen molar-refractivity contribution in [1.29, 1.82) is 0 Å². The summed E-state index contributed by atoms with van der Waals surface area (Å²) in [6, 6.07) is 0. The Balaban J connectivity index is 2.11. The van der Waals surface area contributed by atoms with Gasteiger partial charge < -0.3 is 14.5 Å². The van der Waals surface area contributed by atoms with Crippen LogP contribution in [0.4, 0.5) is 10.6 Å². The number of aromatic nitrogens is 2. The fourth-order valence-corrected chi connectivity index (χ4v) is 2.73. The molecular formula is C18H28N4O2. The number of rotatable bonds is 2. The predicted octanol–water partition coefficient (Wildman–Crippen LogP) is 3.27. The number of carbonyl (C=O) groups is 1. The van der Waals surface area contributed by atoms with Gasteiger partial charge in [-0.1, -0.05) is 6.08 Å². The summed E-state index contributed by atoms with van der Waals surface area (Å²) in [7, 11) is 0. The van der Waals surface area contributed by atoms with Crippen molar-refractivity contribution in [2.24, 2.45) is 0 Å². The van der Waals surface area contributed by atoms with Gasteiger partial charge in [-0.05, 0) is 47.1 Å². The van der Waals surface area contributed by atoms with E-state index >= 15 is 0 Å². The molecule has 2 rings (SSSR count). The minimum atomic E-state index is -0.464. The lowest BCUT2D eigenvalue weighted by Crippen LogP contribution is -2.50. The zero-order valence-electron chi connectivity index (χ0n) is 15.6. The number of hydrogen-bond acceptors (Lipinski definition) is 5. The highest BCUT2D eigenvalue weighted by atomic mass is 16.6. The highest BCUT2D eigenvalue weighted by Crippen LogP contribution is 2.27. The Labute approximate surface area is 144 Å². The third-order valence-electron chi connectivity index (χ3n) is 4.08. The molecule has 0 atom stereocenters. The smallest absolute Gasteiger partial charge is 0.410 e. The molecule has 0 radical (unpaired) electrons. The van der Waals surface area contributed by atoms with Crippen molar-refractivity contribution in [3.05, 3.63) is 23.7 Å². The monoisotopic (exact) mass is 332 g/mol. The lowest BCUT2D eigenvalue weighted by Gasteiger charge is -2.37. The van der Waals surface area contributed by atoms with Crippen LogP contribution in [0.3, 0.4) is 0 Å². The van der Waals surface area contributed by atoms with E-state index in [-0.39, 0.29) is 6.09 Å². The van der Waals surface area contributed by atoms with E-state index in [0.717, 1.165) is 35.7 Å². The number of carbonyl (C=O) groups excluding carboxylic acids is 1. The van der Waals surface area contributed by atoms with E-state index in [1.165, 1.54) is 0 Å². The number of piperazine rings is 1. The Kier molecular flexibility index (Phi) is 5.47. The van der Waals surface area contributed by atoms with Gasteiger partial charge in [0.1, 0.15) is 17.7 Å². The second kappa shape index (κ2) is 7.20. The van der Waals surface area contributed by atoms with Crippen LogP contribution >= 0.6 is 0 Å². The van der Waals surface area contributed by atoms with Crippen LogP contribution in [-0.2, 0) is 4.74 Å². The largest absolute Gasteiger partial charge is 0.444 e. The molecule has 1 amide bonds. The standard InChI is InChI=1S/C18H28N4O2/c1-7-13(2)15-14(3)19-12-20-16(15)21-8-10-22(11-9-21)17(23)24-18(4,5)6/h7,12H,8-11H2,1-6H3/b13-7-. The molecule has 0 saturated carbocycles. The summed E-state index contributed by atoms with van der Waals surface area (Å²) in [5.74, 6) is 0.946. The number of nitrogens with zero attached hydrogens (tertiary/aromatic N) is 4. The van der Waals surface area contributed by atoms with Crippen LogP contribution < -0.4 is 4.90 Å². The molecule has 0 aliphatic carbocycles. The molecule has 6 nitrogen and oxygen atoms in total. The first kappa shape index (κ1) is 18.2. The molecule has 132 valence electrons. The van der Waals surface area contributed by atoms with E-state index in [1.54, 1.807) is 11.2 Å². The first-order valence-electron chi connectivity index (χ1n) is 8.40. The highest BCUT2D eigenvalue weighted by molar-refractivity contribution is 5.75. The highest BCUT2D eigenvalue weighted by Gasteiger charge is 2.27. The maximum Gasteiger partial charge on any atom is 0.410 e. The van der Waals surface area contributed by atoms with Crippen LogP contribution in [0.5, 0.6) is 0 Å². The Morgan fingerprint density at radius 2 is 1.83 bits per heavy atom. The van der Waals surface area contributed by atoms with Gasteiger partial charge in [-0.15, -0.1) is 0 Å². The molecule has 0 unspecified atom stereocenters. The fourth-order valence-electron chi connectivity index (χ4n) is 2.73. The molecule has 0 aromatic carbocycles. The summed E-state index contributed by atoms with van der Waals surface area (Å²) in [6.45, 7) is 14.5. The van der Waals surface area contributed by atoms with Gasteiger partial charge in [0, 0.05) is 31.7 Å². The topological polar surface area (TPSA) is 58.6 Å². The molecule has 0 N–H and O–H groups in total. The van der Waals surface area contributed by atoms with E-state index in [1.807, 2.05) is 34.6 Å². The minimum Gasteiger partial charge on any atom is -0.444 e. The summed E-state index contributed by atoms with van der Waals surface area (Å²) >= 11 is 0. The van der Waals surface area contributed by atoms with E-state index in [2.05, 4.69) is 27.9 Å². The molecule has 1 saturated heterocycles. The summed E-state index contributed by atoms with van der Waals surface area (Å²) in [5.41, 5.74) is 2.77. The van der Waals surface area contributed by atoms with Crippen molar-refractivity contribution in [2.45, 2.75) is 47.1 Å². The van der Waals surface area contributed by atoms with Crippen LogP contribution in [0.1, 0.15) is 45.9 Å². The summed E-state index contributed by atoms with van der Waals surface area (Å²) in [6.07, 6.45) is 3.44.